The molecule has 3 aromatic rings. The number of halogens is 3. The summed E-state index contributed by atoms with van der Waals surface area (Å²) in [4.78, 5) is 17.5. The molecule has 0 unspecified atom stereocenters. The average molecular weight is 378 g/mol. The average Bonchev–Trinajstić information content (AvgIpc) is 2.57. The van der Waals surface area contributed by atoms with Crippen LogP contribution in [0.3, 0.4) is 0 Å². The van der Waals surface area contributed by atoms with Crippen LogP contribution in [0, 0.1) is 13.8 Å². The van der Waals surface area contributed by atoms with Crippen molar-refractivity contribution in [2.75, 3.05) is 5.75 Å². The van der Waals surface area contributed by atoms with Gasteiger partial charge in [0.25, 0.3) is 5.56 Å². The number of alkyl halides is 3. The van der Waals surface area contributed by atoms with Crippen molar-refractivity contribution < 1.29 is 13.2 Å². The number of hydrogen-bond donors (Lipinski definition) is 0. The highest BCUT2D eigenvalue weighted by molar-refractivity contribution is 7.99. The van der Waals surface area contributed by atoms with Crippen molar-refractivity contribution in [3.8, 4) is 5.69 Å². The predicted octanol–water partition coefficient (Wildman–Crippen LogP) is 5.05. The van der Waals surface area contributed by atoms with Gasteiger partial charge >= 0.3 is 6.18 Å². The molecule has 0 spiro atoms. The van der Waals surface area contributed by atoms with E-state index in [1.54, 1.807) is 24.3 Å². The summed E-state index contributed by atoms with van der Waals surface area (Å²) >= 11 is 0.944. The highest BCUT2D eigenvalue weighted by atomic mass is 32.2. The van der Waals surface area contributed by atoms with E-state index in [1.165, 1.54) is 4.57 Å². The van der Waals surface area contributed by atoms with E-state index in [2.05, 4.69) is 4.98 Å². The fourth-order valence-electron chi connectivity index (χ4n) is 2.64. The van der Waals surface area contributed by atoms with Gasteiger partial charge in [0.1, 0.15) is 0 Å². The molecule has 1 heterocycles. The molecule has 0 atom stereocenters. The molecule has 0 saturated heterocycles. The fraction of sp³-hybridized carbons (Fsp3) is 0.263. The molecule has 26 heavy (non-hydrogen) atoms. The molecule has 0 bridgehead atoms. The molecule has 7 heteroatoms. The minimum atomic E-state index is -4.24. The van der Waals surface area contributed by atoms with Crippen molar-refractivity contribution in [1.82, 2.24) is 9.55 Å². The van der Waals surface area contributed by atoms with Crippen LogP contribution < -0.4 is 5.56 Å². The van der Waals surface area contributed by atoms with Gasteiger partial charge in [-0.15, -0.1) is 0 Å². The first-order valence-corrected chi connectivity index (χ1v) is 9.04. The Kier molecular flexibility index (Phi) is 5.09. The van der Waals surface area contributed by atoms with E-state index in [0.29, 0.717) is 16.6 Å². The number of thioether (sulfide) groups is 1. The Morgan fingerprint density at radius 1 is 1.12 bits per heavy atom. The van der Waals surface area contributed by atoms with Crippen molar-refractivity contribution in [3.63, 3.8) is 0 Å². The molecule has 0 aliphatic rings. The van der Waals surface area contributed by atoms with Crippen molar-refractivity contribution in [3.05, 3.63) is 63.9 Å². The minimum absolute atomic E-state index is 0.195. The minimum Gasteiger partial charge on any atom is -0.268 e. The fourth-order valence-corrected chi connectivity index (χ4v) is 3.63. The quantitative estimate of drug-likeness (QED) is 0.471. The molecule has 0 amide bonds. The number of aryl methyl sites for hydroxylation is 2. The molecular formula is C19H17F3N2OS. The second-order valence-corrected chi connectivity index (χ2v) is 7.12. The van der Waals surface area contributed by atoms with E-state index in [9.17, 15) is 18.0 Å². The van der Waals surface area contributed by atoms with Gasteiger partial charge < -0.3 is 0 Å². The lowest BCUT2D eigenvalue weighted by atomic mass is 10.1. The molecule has 3 nitrogen and oxygen atoms in total. The first kappa shape index (κ1) is 18.5. The summed E-state index contributed by atoms with van der Waals surface area (Å²) in [7, 11) is 0. The maximum absolute atomic E-state index is 13.1. The highest BCUT2D eigenvalue weighted by Gasteiger charge is 2.27. The summed E-state index contributed by atoms with van der Waals surface area (Å²) in [6.07, 6.45) is -5.18. The van der Waals surface area contributed by atoms with Gasteiger partial charge in [-0.25, -0.2) is 4.98 Å². The maximum atomic E-state index is 13.1. The van der Waals surface area contributed by atoms with Crippen LogP contribution in [0.4, 0.5) is 13.2 Å². The van der Waals surface area contributed by atoms with E-state index < -0.39 is 12.6 Å². The number of rotatable bonds is 4. The molecular weight excluding hydrogens is 361 g/mol. The Bertz CT molecular complexity index is 1010. The monoisotopic (exact) mass is 378 g/mol. The van der Waals surface area contributed by atoms with Crippen LogP contribution >= 0.6 is 11.8 Å². The number of hydrogen-bond acceptors (Lipinski definition) is 3. The second kappa shape index (κ2) is 7.15. The summed E-state index contributed by atoms with van der Waals surface area (Å²) in [5, 5.41) is 0.709. The molecule has 0 aliphatic heterocycles. The van der Waals surface area contributed by atoms with Crippen LogP contribution in [0.5, 0.6) is 0 Å². The second-order valence-electron chi connectivity index (χ2n) is 6.06. The van der Waals surface area contributed by atoms with Gasteiger partial charge in [-0.3, -0.25) is 9.36 Å². The van der Waals surface area contributed by atoms with Crippen LogP contribution in [-0.2, 0) is 0 Å². The van der Waals surface area contributed by atoms with Crippen molar-refractivity contribution >= 4 is 22.7 Å². The number of fused-ring (bicyclic) bond motifs is 1. The van der Waals surface area contributed by atoms with Gasteiger partial charge in [0.2, 0.25) is 0 Å². The largest absolute Gasteiger partial charge is 0.389 e. The van der Waals surface area contributed by atoms with Gasteiger partial charge in [-0.05, 0) is 43.2 Å². The van der Waals surface area contributed by atoms with Crippen molar-refractivity contribution in [1.29, 1.82) is 0 Å². The molecule has 136 valence electrons. The highest BCUT2D eigenvalue weighted by Crippen LogP contribution is 2.28. The van der Waals surface area contributed by atoms with Crippen LogP contribution in [0.1, 0.15) is 17.5 Å². The summed E-state index contributed by atoms with van der Waals surface area (Å²) in [5.74, 6) is -0.195. The molecule has 0 N–H and O–H groups in total. The molecule has 0 saturated carbocycles. The zero-order chi connectivity index (χ0) is 18.9. The Hall–Kier alpha value is -2.28. The zero-order valence-corrected chi connectivity index (χ0v) is 15.1. The topological polar surface area (TPSA) is 34.9 Å². The van der Waals surface area contributed by atoms with Crippen molar-refractivity contribution in [2.24, 2.45) is 0 Å². The first-order valence-electron chi connectivity index (χ1n) is 8.05. The standard InChI is InChI=1S/C19H17F3N2OS/c1-12-7-8-13(2)16(11-12)24-17(25)14-5-3-4-6-15(14)23-18(24)26-10-9-19(20,21)22/h3-8,11H,9-10H2,1-2H3. The van der Waals surface area contributed by atoms with Crippen LogP contribution in [0.2, 0.25) is 0 Å². The van der Waals surface area contributed by atoms with E-state index in [-0.39, 0.29) is 16.5 Å². The molecule has 2 aromatic carbocycles. The molecule has 0 fully saturated rings. The molecule has 0 radical (unpaired) electrons. The van der Waals surface area contributed by atoms with Crippen molar-refractivity contribution in [2.45, 2.75) is 31.6 Å². The summed E-state index contributed by atoms with van der Waals surface area (Å²) < 4.78 is 39.0. The van der Waals surface area contributed by atoms with E-state index in [1.807, 2.05) is 32.0 Å². The van der Waals surface area contributed by atoms with Crippen LogP contribution in [-0.4, -0.2) is 21.5 Å². The molecule has 3 rings (SSSR count). The van der Waals surface area contributed by atoms with Gasteiger partial charge in [0, 0.05) is 5.75 Å². The predicted molar refractivity (Wildman–Crippen MR) is 98.2 cm³/mol. The van der Waals surface area contributed by atoms with E-state index in [4.69, 9.17) is 0 Å². The smallest absolute Gasteiger partial charge is 0.268 e. The van der Waals surface area contributed by atoms with Gasteiger partial charge in [-0.1, -0.05) is 36.0 Å². The SMILES string of the molecule is Cc1ccc(C)c(-n2c(SCCC(F)(F)F)nc3ccccc3c2=O)c1. The zero-order valence-electron chi connectivity index (χ0n) is 14.3. The lowest BCUT2D eigenvalue weighted by Crippen LogP contribution is -2.23. The Balaban J connectivity index is 2.18. The Morgan fingerprint density at radius 2 is 1.85 bits per heavy atom. The lowest BCUT2D eigenvalue weighted by molar-refractivity contribution is -0.129. The first-order chi connectivity index (χ1) is 12.3. The summed E-state index contributed by atoms with van der Waals surface area (Å²) in [5.41, 5.74) is 2.65. The van der Waals surface area contributed by atoms with E-state index >= 15 is 0 Å². The Morgan fingerprint density at radius 3 is 2.58 bits per heavy atom. The van der Waals surface area contributed by atoms with Gasteiger partial charge in [-0.2, -0.15) is 13.2 Å². The molecule has 1 aromatic heterocycles. The summed E-state index contributed by atoms with van der Waals surface area (Å²) in [6.45, 7) is 3.76. The lowest BCUT2D eigenvalue weighted by Gasteiger charge is -2.16. The third-order valence-electron chi connectivity index (χ3n) is 3.97. The third kappa shape index (κ3) is 3.93. The number of para-hydroxylation sites is 1. The van der Waals surface area contributed by atoms with Gasteiger partial charge in [0.15, 0.2) is 5.16 Å². The van der Waals surface area contributed by atoms with Crippen LogP contribution in [0.25, 0.3) is 16.6 Å². The van der Waals surface area contributed by atoms with Crippen LogP contribution in [0.15, 0.2) is 52.4 Å². The Labute approximate surface area is 152 Å². The summed E-state index contributed by atoms with van der Waals surface area (Å²) in [6, 6.07) is 12.5. The third-order valence-corrected chi connectivity index (χ3v) is 4.91. The number of benzene rings is 2. The number of nitrogens with zero attached hydrogens (tertiary/aromatic N) is 2. The maximum Gasteiger partial charge on any atom is 0.389 e. The number of aromatic nitrogens is 2. The van der Waals surface area contributed by atoms with E-state index in [0.717, 1.165) is 22.9 Å². The normalized spacial score (nSPS) is 11.9. The van der Waals surface area contributed by atoms with Gasteiger partial charge in [0.05, 0.1) is 23.0 Å². The molecule has 0 aliphatic carbocycles.